The number of aromatic nitrogens is 1. The van der Waals surface area contributed by atoms with Crippen LogP contribution in [0.15, 0.2) is 18.3 Å². The maximum atomic E-state index is 12.3. The van der Waals surface area contributed by atoms with Crippen molar-refractivity contribution in [2.24, 2.45) is 0 Å². The van der Waals surface area contributed by atoms with Gasteiger partial charge in [-0.2, -0.15) is 0 Å². The number of rotatable bonds is 2. The van der Waals surface area contributed by atoms with E-state index in [1.807, 2.05) is 17.0 Å². The van der Waals surface area contributed by atoms with Crippen LogP contribution in [0, 0.1) is 0 Å². The fraction of sp³-hybridized carbons (Fsp3) is 0.571. The van der Waals surface area contributed by atoms with E-state index in [0.717, 1.165) is 18.9 Å². The van der Waals surface area contributed by atoms with Gasteiger partial charge in [0.2, 0.25) is 5.91 Å². The Hall–Kier alpha value is -0.790. The Morgan fingerprint density at radius 1 is 1.26 bits per heavy atom. The Morgan fingerprint density at radius 2 is 1.96 bits per heavy atom. The predicted octanol–water partition coefficient (Wildman–Crippen LogP) is 0.950. The maximum absolute atomic E-state index is 12.3. The average Bonchev–Trinajstić information content (AvgIpc) is 2.94. The van der Waals surface area contributed by atoms with Crippen LogP contribution in [0.25, 0.3) is 0 Å². The molecule has 9 heteroatoms. The molecule has 0 aromatic carbocycles. The van der Waals surface area contributed by atoms with E-state index >= 15 is 0 Å². The molecule has 2 atom stereocenters. The number of hydrogen-bond donors (Lipinski definition) is 2. The molecule has 1 aromatic rings. The molecule has 3 heterocycles. The van der Waals surface area contributed by atoms with Crippen molar-refractivity contribution in [2.75, 3.05) is 37.6 Å². The number of anilines is 1. The summed E-state index contributed by atoms with van der Waals surface area (Å²) in [6.45, 7) is 3.38. The summed E-state index contributed by atoms with van der Waals surface area (Å²) in [5, 5.41) is 13.2. The van der Waals surface area contributed by atoms with Crippen LogP contribution in [-0.2, 0) is 4.79 Å². The topological polar surface area (TPSA) is 68.7 Å². The summed E-state index contributed by atoms with van der Waals surface area (Å²) in [5.74, 6) is 0.983. The SMILES string of the molecule is Cl.Cl.O=C(C1CC(O)CN1)N1CCN(c2ccc(Cl)cn2)CC1. The van der Waals surface area contributed by atoms with Crippen molar-refractivity contribution < 1.29 is 9.90 Å². The third kappa shape index (κ3) is 4.84. The van der Waals surface area contributed by atoms with Crippen LogP contribution < -0.4 is 10.2 Å². The molecule has 6 nitrogen and oxygen atoms in total. The number of halogens is 3. The van der Waals surface area contributed by atoms with Crippen molar-refractivity contribution in [3.05, 3.63) is 23.4 Å². The highest BCUT2D eigenvalue weighted by atomic mass is 35.5. The molecule has 0 radical (unpaired) electrons. The summed E-state index contributed by atoms with van der Waals surface area (Å²) in [5.41, 5.74) is 0. The Labute approximate surface area is 153 Å². The number of nitrogens with zero attached hydrogens (tertiary/aromatic N) is 3. The van der Waals surface area contributed by atoms with Crippen molar-refractivity contribution in [2.45, 2.75) is 18.6 Å². The van der Waals surface area contributed by atoms with Gasteiger partial charge in [-0.15, -0.1) is 24.8 Å². The minimum Gasteiger partial charge on any atom is -0.392 e. The molecule has 2 saturated heterocycles. The van der Waals surface area contributed by atoms with Gasteiger partial charge in [0.1, 0.15) is 5.82 Å². The predicted molar refractivity (Wildman–Crippen MR) is 95.0 cm³/mol. The number of piperazine rings is 1. The van der Waals surface area contributed by atoms with Crippen molar-refractivity contribution in [3.8, 4) is 0 Å². The molecule has 0 bridgehead atoms. The molecule has 130 valence electrons. The number of nitrogens with one attached hydrogen (secondary N) is 1. The largest absolute Gasteiger partial charge is 0.392 e. The van der Waals surface area contributed by atoms with Gasteiger partial charge in [0.25, 0.3) is 0 Å². The van der Waals surface area contributed by atoms with Gasteiger partial charge in [0.05, 0.1) is 17.2 Å². The van der Waals surface area contributed by atoms with Crippen LogP contribution in [0.3, 0.4) is 0 Å². The molecule has 23 heavy (non-hydrogen) atoms. The third-order valence-electron chi connectivity index (χ3n) is 4.03. The first-order chi connectivity index (χ1) is 10.1. The van der Waals surface area contributed by atoms with Crippen LogP contribution in [0.5, 0.6) is 0 Å². The molecule has 2 aliphatic rings. The van der Waals surface area contributed by atoms with Crippen molar-refractivity contribution in [3.63, 3.8) is 0 Å². The Kier molecular flexibility index (Phi) is 7.83. The molecule has 2 aliphatic heterocycles. The van der Waals surface area contributed by atoms with Crippen LogP contribution in [0.4, 0.5) is 5.82 Å². The van der Waals surface area contributed by atoms with Gasteiger partial charge in [-0.05, 0) is 18.6 Å². The van der Waals surface area contributed by atoms with Crippen LogP contribution in [0.2, 0.25) is 5.02 Å². The van der Waals surface area contributed by atoms with Gasteiger partial charge in [0, 0.05) is 38.9 Å². The van der Waals surface area contributed by atoms with Gasteiger partial charge in [-0.25, -0.2) is 4.98 Å². The summed E-state index contributed by atoms with van der Waals surface area (Å²) < 4.78 is 0. The average molecular weight is 384 g/mol. The molecule has 3 rings (SSSR count). The van der Waals surface area contributed by atoms with E-state index in [0.29, 0.717) is 31.1 Å². The van der Waals surface area contributed by atoms with Crippen molar-refractivity contribution in [1.29, 1.82) is 0 Å². The smallest absolute Gasteiger partial charge is 0.239 e. The number of carbonyl (C=O) groups is 1. The summed E-state index contributed by atoms with van der Waals surface area (Å²) in [7, 11) is 0. The maximum Gasteiger partial charge on any atom is 0.239 e. The molecule has 0 aliphatic carbocycles. The number of hydrogen-bond acceptors (Lipinski definition) is 5. The minimum atomic E-state index is -0.404. The summed E-state index contributed by atoms with van der Waals surface area (Å²) in [4.78, 5) is 20.7. The minimum absolute atomic E-state index is 0. The fourth-order valence-corrected chi connectivity index (χ4v) is 2.95. The van der Waals surface area contributed by atoms with Crippen LogP contribution in [0.1, 0.15) is 6.42 Å². The van der Waals surface area contributed by atoms with E-state index in [2.05, 4.69) is 15.2 Å². The molecule has 0 spiro atoms. The first-order valence-electron chi connectivity index (χ1n) is 7.20. The lowest BCUT2D eigenvalue weighted by atomic mass is 10.1. The van der Waals surface area contributed by atoms with E-state index < -0.39 is 6.10 Å². The fourth-order valence-electron chi connectivity index (χ4n) is 2.84. The highest BCUT2D eigenvalue weighted by Crippen LogP contribution is 2.17. The van der Waals surface area contributed by atoms with E-state index in [-0.39, 0.29) is 36.8 Å². The van der Waals surface area contributed by atoms with Gasteiger partial charge in [-0.1, -0.05) is 11.6 Å². The van der Waals surface area contributed by atoms with Gasteiger partial charge >= 0.3 is 0 Å². The highest BCUT2D eigenvalue weighted by Gasteiger charge is 2.32. The molecule has 1 aromatic heterocycles. The number of pyridine rings is 1. The summed E-state index contributed by atoms with van der Waals surface area (Å²) >= 11 is 5.84. The van der Waals surface area contributed by atoms with Crippen LogP contribution in [-0.4, -0.2) is 65.8 Å². The Morgan fingerprint density at radius 3 is 2.48 bits per heavy atom. The zero-order valence-electron chi connectivity index (χ0n) is 12.5. The Bertz CT molecular complexity index is 509. The Balaban J connectivity index is 0.00000132. The standard InChI is InChI=1S/C14H19ClN4O2.2ClH/c15-10-1-2-13(17-8-10)18-3-5-19(6-4-18)14(21)12-7-11(20)9-16-12;;/h1-2,8,11-12,16,20H,3-7,9H2;2*1H. The second-order valence-corrected chi connectivity index (χ2v) is 5.93. The van der Waals surface area contributed by atoms with E-state index in [9.17, 15) is 9.90 Å². The number of aliphatic hydroxyl groups is 1. The molecule has 0 saturated carbocycles. The zero-order valence-corrected chi connectivity index (χ0v) is 14.9. The summed E-state index contributed by atoms with van der Waals surface area (Å²) in [6, 6.07) is 3.49. The molecule has 1 amide bonds. The second kappa shape index (κ2) is 8.89. The normalized spacial score (nSPS) is 23.9. The molecular formula is C14H21Cl3N4O2. The zero-order chi connectivity index (χ0) is 14.8. The lowest BCUT2D eigenvalue weighted by Crippen LogP contribution is -2.53. The molecular weight excluding hydrogens is 363 g/mol. The highest BCUT2D eigenvalue weighted by molar-refractivity contribution is 6.30. The molecule has 2 N–H and O–H groups in total. The number of amides is 1. The van der Waals surface area contributed by atoms with Gasteiger partial charge in [0.15, 0.2) is 0 Å². The van der Waals surface area contributed by atoms with Crippen molar-refractivity contribution >= 4 is 48.1 Å². The van der Waals surface area contributed by atoms with E-state index in [4.69, 9.17) is 11.6 Å². The van der Waals surface area contributed by atoms with E-state index in [1.165, 1.54) is 0 Å². The number of aliphatic hydroxyl groups excluding tert-OH is 1. The quantitative estimate of drug-likeness (QED) is 0.796. The first-order valence-corrected chi connectivity index (χ1v) is 7.58. The van der Waals surface area contributed by atoms with Gasteiger partial charge in [-0.3, -0.25) is 4.79 Å². The number of β-amino-alcohol motifs (C(OH)–C–C–N with tert-alkyl or cyclic N) is 1. The monoisotopic (exact) mass is 382 g/mol. The first kappa shape index (κ1) is 20.3. The number of carbonyl (C=O) groups excluding carboxylic acids is 1. The lowest BCUT2D eigenvalue weighted by molar-refractivity contribution is -0.133. The molecule has 2 fully saturated rings. The summed E-state index contributed by atoms with van der Waals surface area (Å²) in [6.07, 6.45) is 1.74. The van der Waals surface area contributed by atoms with E-state index in [1.54, 1.807) is 6.20 Å². The van der Waals surface area contributed by atoms with Gasteiger partial charge < -0.3 is 20.2 Å². The molecule has 2 unspecified atom stereocenters. The lowest BCUT2D eigenvalue weighted by Gasteiger charge is -2.36. The van der Waals surface area contributed by atoms with Crippen molar-refractivity contribution in [1.82, 2.24) is 15.2 Å². The van der Waals surface area contributed by atoms with Crippen LogP contribution >= 0.6 is 36.4 Å². The second-order valence-electron chi connectivity index (χ2n) is 5.50. The third-order valence-corrected chi connectivity index (χ3v) is 4.26.